The van der Waals surface area contributed by atoms with Crippen molar-refractivity contribution in [2.24, 2.45) is 11.7 Å². The molecule has 15 heavy (non-hydrogen) atoms. The fourth-order valence-electron chi connectivity index (χ4n) is 1.36. The first-order valence-corrected chi connectivity index (χ1v) is 4.81. The van der Waals surface area contributed by atoms with E-state index in [-0.39, 0.29) is 0 Å². The van der Waals surface area contributed by atoms with E-state index in [1.54, 1.807) is 20.8 Å². The molecule has 1 aliphatic rings. The maximum Gasteiger partial charge on any atom is 0.326 e. The molecule has 1 fully saturated rings. The van der Waals surface area contributed by atoms with E-state index in [9.17, 15) is 9.59 Å². The Bertz CT molecular complexity index is 294. The molecule has 0 aromatic carbocycles. The van der Waals surface area contributed by atoms with Gasteiger partial charge in [0.1, 0.15) is 11.1 Å². The normalized spacial score (nSPS) is 29.5. The predicted molar refractivity (Wildman–Crippen MR) is 52.9 cm³/mol. The summed E-state index contributed by atoms with van der Waals surface area (Å²) in [6.07, 6.45) is 0.300. The number of hydrogen-bond acceptors (Lipinski definition) is 5. The fourth-order valence-corrected chi connectivity index (χ4v) is 1.36. The summed E-state index contributed by atoms with van der Waals surface area (Å²) >= 11 is 0. The maximum absolute atomic E-state index is 11.5. The molecule has 0 bridgehead atoms. The molecule has 0 aliphatic heterocycles. The molecule has 0 spiro atoms. The van der Waals surface area contributed by atoms with Gasteiger partial charge in [-0.15, -0.1) is 0 Å². The van der Waals surface area contributed by atoms with Crippen molar-refractivity contribution in [3.05, 3.63) is 0 Å². The van der Waals surface area contributed by atoms with Gasteiger partial charge in [0.25, 0.3) is 0 Å². The van der Waals surface area contributed by atoms with Crippen LogP contribution in [-0.4, -0.2) is 30.2 Å². The third-order valence-electron chi connectivity index (χ3n) is 2.26. The number of carbonyl (C=O) groups excluding carboxylic acids is 2. The highest BCUT2D eigenvalue weighted by Crippen LogP contribution is 2.43. The third-order valence-corrected chi connectivity index (χ3v) is 2.26. The second-order valence-corrected chi connectivity index (χ2v) is 4.82. The van der Waals surface area contributed by atoms with Gasteiger partial charge in [-0.2, -0.15) is 0 Å². The van der Waals surface area contributed by atoms with Crippen LogP contribution in [0.5, 0.6) is 0 Å². The molecule has 0 aromatic heterocycles. The number of esters is 2. The molecule has 86 valence electrons. The van der Waals surface area contributed by atoms with Crippen LogP contribution in [0.4, 0.5) is 0 Å². The Morgan fingerprint density at radius 1 is 1.40 bits per heavy atom. The molecule has 2 N–H and O–H groups in total. The van der Waals surface area contributed by atoms with E-state index in [0.29, 0.717) is 6.42 Å². The minimum atomic E-state index is -1.17. The number of nitrogens with two attached hydrogens (primary N) is 1. The van der Waals surface area contributed by atoms with Gasteiger partial charge < -0.3 is 15.2 Å². The van der Waals surface area contributed by atoms with Crippen LogP contribution in [0.1, 0.15) is 27.2 Å². The molecule has 0 amide bonds. The summed E-state index contributed by atoms with van der Waals surface area (Å²) in [6.45, 7) is 5.30. The van der Waals surface area contributed by atoms with Gasteiger partial charge in [-0.05, 0) is 27.2 Å². The Labute approximate surface area is 88.9 Å². The molecule has 5 nitrogen and oxygen atoms in total. The quantitative estimate of drug-likeness (QED) is 0.666. The average Bonchev–Trinajstić information content (AvgIpc) is 2.75. The lowest BCUT2D eigenvalue weighted by Gasteiger charge is -2.20. The minimum absolute atomic E-state index is 0.300. The van der Waals surface area contributed by atoms with Crippen molar-refractivity contribution in [3.63, 3.8) is 0 Å². The first kappa shape index (κ1) is 12.0. The Morgan fingerprint density at radius 2 is 1.93 bits per heavy atom. The van der Waals surface area contributed by atoms with E-state index < -0.39 is 29.0 Å². The van der Waals surface area contributed by atoms with Gasteiger partial charge >= 0.3 is 11.9 Å². The Balaban J connectivity index is 2.57. The second kappa shape index (κ2) is 3.48. The molecule has 0 aromatic rings. The van der Waals surface area contributed by atoms with Crippen molar-refractivity contribution in [1.82, 2.24) is 0 Å². The van der Waals surface area contributed by atoms with Crippen LogP contribution in [0, 0.1) is 5.92 Å². The van der Waals surface area contributed by atoms with Crippen LogP contribution < -0.4 is 5.73 Å². The van der Waals surface area contributed by atoms with Gasteiger partial charge in [0.05, 0.1) is 13.0 Å². The minimum Gasteiger partial charge on any atom is -0.468 e. The number of ether oxygens (including phenoxy) is 2. The number of carbonyl (C=O) groups is 2. The van der Waals surface area contributed by atoms with E-state index >= 15 is 0 Å². The van der Waals surface area contributed by atoms with Gasteiger partial charge in [-0.3, -0.25) is 9.59 Å². The topological polar surface area (TPSA) is 78.6 Å². The predicted octanol–water partition coefficient (Wildman–Crippen LogP) is 0.218. The number of rotatable bonds is 2. The highest BCUT2D eigenvalue weighted by Gasteiger charge is 2.63. The van der Waals surface area contributed by atoms with Crippen molar-refractivity contribution in [2.75, 3.05) is 7.11 Å². The maximum atomic E-state index is 11.5. The molecule has 2 atom stereocenters. The van der Waals surface area contributed by atoms with Crippen LogP contribution in [0.3, 0.4) is 0 Å². The zero-order valence-corrected chi connectivity index (χ0v) is 9.49. The summed E-state index contributed by atoms with van der Waals surface area (Å²) in [5.41, 5.74) is 3.96. The van der Waals surface area contributed by atoms with Crippen molar-refractivity contribution < 1.29 is 19.1 Å². The molecule has 2 unspecified atom stereocenters. The second-order valence-electron chi connectivity index (χ2n) is 4.82. The molecule has 5 heteroatoms. The molecular weight excluding hydrogens is 198 g/mol. The highest BCUT2D eigenvalue weighted by molar-refractivity contribution is 5.94. The van der Waals surface area contributed by atoms with Gasteiger partial charge in [-0.25, -0.2) is 0 Å². The van der Waals surface area contributed by atoms with E-state index in [1.165, 1.54) is 7.11 Å². The lowest BCUT2D eigenvalue weighted by molar-refractivity contribution is -0.159. The monoisotopic (exact) mass is 215 g/mol. The van der Waals surface area contributed by atoms with Gasteiger partial charge in [0.2, 0.25) is 0 Å². The van der Waals surface area contributed by atoms with Crippen molar-refractivity contribution >= 4 is 11.9 Å². The summed E-state index contributed by atoms with van der Waals surface area (Å²) in [5.74, 6) is -1.56. The number of hydrogen-bond donors (Lipinski definition) is 1. The Morgan fingerprint density at radius 3 is 2.33 bits per heavy atom. The Hall–Kier alpha value is -1.10. The standard InChI is InChI=1S/C10H17NO4/c1-9(2,3)15-7(12)6-5-10(6,11)8(13)14-4/h6H,5,11H2,1-4H3. The molecule has 1 aliphatic carbocycles. The van der Waals surface area contributed by atoms with Crippen LogP contribution in [0.2, 0.25) is 0 Å². The van der Waals surface area contributed by atoms with Crippen molar-refractivity contribution in [2.45, 2.75) is 38.3 Å². The SMILES string of the molecule is COC(=O)C1(N)CC1C(=O)OC(C)(C)C. The molecule has 0 radical (unpaired) electrons. The lowest BCUT2D eigenvalue weighted by Crippen LogP contribution is -2.39. The summed E-state index contributed by atoms with van der Waals surface area (Å²) in [4.78, 5) is 22.8. The summed E-state index contributed by atoms with van der Waals surface area (Å²) < 4.78 is 9.64. The molecule has 0 saturated heterocycles. The average molecular weight is 215 g/mol. The molecule has 1 saturated carbocycles. The molecule has 1 rings (SSSR count). The van der Waals surface area contributed by atoms with Gasteiger partial charge in [-0.1, -0.05) is 0 Å². The zero-order valence-electron chi connectivity index (χ0n) is 9.49. The summed E-state index contributed by atoms with van der Waals surface area (Å²) in [7, 11) is 1.25. The first-order valence-electron chi connectivity index (χ1n) is 4.81. The third kappa shape index (κ3) is 2.47. The van der Waals surface area contributed by atoms with E-state index in [1.807, 2.05) is 0 Å². The van der Waals surface area contributed by atoms with Crippen molar-refractivity contribution in [3.8, 4) is 0 Å². The van der Waals surface area contributed by atoms with Crippen LogP contribution in [0.15, 0.2) is 0 Å². The van der Waals surface area contributed by atoms with E-state index in [2.05, 4.69) is 4.74 Å². The number of methoxy groups -OCH3 is 1. The molecule has 0 heterocycles. The van der Waals surface area contributed by atoms with Gasteiger partial charge in [0, 0.05) is 0 Å². The highest BCUT2D eigenvalue weighted by atomic mass is 16.6. The van der Waals surface area contributed by atoms with Crippen molar-refractivity contribution in [1.29, 1.82) is 0 Å². The smallest absolute Gasteiger partial charge is 0.326 e. The fraction of sp³-hybridized carbons (Fsp3) is 0.800. The van der Waals surface area contributed by atoms with Gasteiger partial charge in [0.15, 0.2) is 0 Å². The van der Waals surface area contributed by atoms with Crippen LogP contribution in [0.25, 0.3) is 0 Å². The molecular formula is C10H17NO4. The summed E-state index contributed by atoms with van der Waals surface area (Å²) in [6, 6.07) is 0. The summed E-state index contributed by atoms with van der Waals surface area (Å²) in [5, 5.41) is 0. The lowest BCUT2D eigenvalue weighted by atomic mass is 10.2. The van der Waals surface area contributed by atoms with Crippen LogP contribution in [-0.2, 0) is 19.1 Å². The zero-order chi connectivity index (χ0) is 11.9. The largest absolute Gasteiger partial charge is 0.468 e. The van der Waals surface area contributed by atoms with E-state index in [0.717, 1.165) is 0 Å². The first-order chi connectivity index (χ1) is 6.70. The van der Waals surface area contributed by atoms with Crippen LogP contribution >= 0.6 is 0 Å². The van der Waals surface area contributed by atoms with E-state index in [4.69, 9.17) is 10.5 Å². The Kier molecular flexibility index (Phi) is 2.78.